The molecule has 7 aromatic carbocycles. The van der Waals surface area contributed by atoms with Gasteiger partial charge in [-0.1, -0.05) is 146 Å². The number of benzene rings is 7. The normalized spacial score (nSPS) is 11.8. The summed E-state index contributed by atoms with van der Waals surface area (Å²) in [7, 11) is 0. The van der Waals surface area contributed by atoms with Gasteiger partial charge in [-0.15, -0.1) is 0 Å². The van der Waals surface area contributed by atoms with E-state index in [1.165, 1.54) is 38.9 Å². The van der Waals surface area contributed by atoms with Gasteiger partial charge in [-0.3, -0.25) is 0 Å². The molecule has 0 saturated heterocycles. The number of anilines is 3. The Bertz CT molecular complexity index is 2670. The minimum atomic E-state index is 0.936. The number of rotatable bonds is 5. The number of aromatic nitrogens is 2. The Morgan fingerprint density at radius 3 is 1.65 bits per heavy atom. The van der Waals surface area contributed by atoms with Crippen LogP contribution in [0.5, 0.6) is 0 Å². The second-order valence-electron chi connectivity index (χ2n) is 13.2. The zero-order valence-corrected chi connectivity index (χ0v) is 28.4. The quantitative estimate of drug-likeness (QED) is 0.183. The number of hydrogen-bond donors (Lipinski definition) is 0. The van der Waals surface area contributed by atoms with E-state index in [1.807, 2.05) is 0 Å². The van der Waals surface area contributed by atoms with Crippen molar-refractivity contribution in [3.05, 3.63) is 200 Å². The lowest BCUT2D eigenvalue weighted by Gasteiger charge is -2.27. The fourth-order valence-electron chi connectivity index (χ4n) is 7.81. The van der Waals surface area contributed by atoms with Crippen molar-refractivity contribution in [1.82, 2.24) is 9.55 Å². The van der Waals surface area contributed by atoms with Gasteiger partial charge in [-0.25, -0.2) is 4.98 Å². The van der Waals surface area contributed by atoms with Crippen molar-refractivity contribution in [2.45, 2.75) is 0 Å². The zero-order valence-electron chi connectivity index (χ0n) is 28.4. The van der Waals surface area contributed by atoms with Gasteiger partial charge in [-0.2, -0.15) is 0 Å². The molecule has 0 fully saturated rings. The summed E-state index contributed by atoms with van der Waals surface area (Å²) >= 11 is 0. The average Bonchev–Trinajstić information content (AvgIpc) is 3.51. The van der Waals surface area contributed by atoms with Crippen LogP contribution in [0, 0.1) is 0 Å². The Labute approximate surface area is 303 Å². The molecule has 1 aliphatic rings. The molecule has 0 spiro atoms. The van der Waals surface area contributed by atoms with Crippen LogP contribution in [-0.2, 0) is 0 Å². The van der Waals surface area contributed by atoms with Crippen LogP contribution >= 0.6 is 0 Å². The van der Waals surface area contributed by atoms with Crippen LogP contribution in [0.2, 0.25) is 0 Å². The van der Waals surface area contributed by atoms with E-state index >= 15 is 0 Å². The Morgan fingerprint density at radius 1 is 0.365 bits per heavy atom. The number of nitrogens with zero attached hydrogens (tertiary/aromatic N) is 3. The Kier molecular flexibility index (Phi) is 7.14. The van der Waals surface area contributed by atoms with E-state index in [0.29, 0.717) is 0 Å². The fourth-order valence-corrected chi connectivity index (χ4v) is 7.81. The summed E-state index contributed by atoms with van der Waals surface area (Å²) < 4.78 is 2.46. The van der Waals surface area contributed by atoms with Crippen LogP contribution in [0.4, 0.5) is 17.1 Å². The lowest BCUT2D eigenvalue weighted by Crippen LogP contribution is -2.11. The topological polar surface area (TPSA) is 21.1 Å². The van der Waals surface area contributed by atoms with E-state index in [9.17, 15) is 0 Å². The first kappa shape index (κ1) is 29.9. The fraction of sp³-hybridized carbons (Fsp3) is 0. The van der Waals surface area contributed by atoms with Gasteiger partial charge >= 0.3 is 0 Å². The van der Waals surface area contributed by atoms with Crippen LogP contribution in [0.15, 0.2) is 200 Å². The standard InChI is InChI=1S/C49H33N3/c1-4-17-34(18-5-1)37-32-43(35-19-6-2-7-20-35)50-44(33-37)36-21-16-24-39(31-36)52-46-29-14-11-26-41(46)48-40-25-10-13-28-45(40)51(38-22-8-3-9-23-38)47-30-15-12-27-42(47)49(48)52/h1-33H. The van der Waals surface area contributed by atoms with E-state index in [-0.39, 0.29) is 0 Å². The summed E-state index contributed by atoms with van der Waals surface area (Å²) in [5.74, 6) is 0. The molecule has 0 bridgehead atoms. The van der Waals surface area contributed by atoms with Crippen LogP contribution in [-0.4, -0.2) is 9.55 Å². The Hall–Kier alpha value is -6.97. The summed E-state index contributed by atoms with van der Waals surface area (Å²) in [6, 6.07) is 71.5. The summed E-state index contributed by atoms with van der Waals surface area (Å²) in [4.78, 5) is 7.69. The lowest BCUT2D eigenvalue weighted by atomic mass is 9.98. The molecule has 10 rings (SSSR count). The molecule has 0 atom stereocenters. The van der Waals surface area contributed by atoms with Crippen molar-refractivity contribution < 1.29 is 0 Å². The molecule has 0 aliphatic carbocycles. The molecule has 244 valence electrons. The minimum absolute atomic E-state index is 0.936. The third-order valence-electron chi connectivity index (χ3n) is 10.1. The maximum Gasteiger partial charge on any atom is 0.0716 e. The van der Waals surface area contributed by atoms with E-state index in [4.69, 9.17) is 4.98 Å². The average molecular weight is 664 g/mol. The zero-order chi connectivity index (χ0) is 34.4. The highest BCUT2D eigenvalue weighted by molar-refractivity contribution is 6.13. The Balaban J connectivity index is 1.23. The molecule has 2 aromatic heterocycles. The van der Waals surface area contributed by atoms with Gasteiger partial charge in [0.1, 0.15) is 0 Å². The van der Waals surface area contributed by atoms with Gasteiger partial charge in [0.25, 0.3) is 0 Å². The van der Waals surface area contributed by atoms with E-state index < -0.39 is 0 Å². The van der Waals surface area contributed by atoms with Crippen molar-refractivity contribution in [3.8, 4) is 61.7 Å². The molecule has 3 nitrogen and oxygen atoms in total. The molecular formula is C49H33N3. The predicted molar refractivity (Wildman–Crippen MR) is 216 cm³/mol. The number of fused-ring (bicyclic) bond motifs is 7. The molecule has 3 heterocycles. The maximum absolute atomic E-state index is 5.28. The Morgan fingerprint density at radius 2 is 0.904 bits per heavy atom. The monoisotopic (exact) mass is 663 g/mol. The van der Waals surface area contributed by atoms with Crippen LogP contribution in [0.25, 0.3) is 72.6 Å². The predicted octanol–water partition coefficient (Wildman–Crippen LogP) is 13.1. The van der Waals surface area contributed by atoms with Crippen molar-refractivity contribution >= 4 is 28.0 Å². The van der Waals surface area contributed by atoms with E-state index in [2.05, 4.69) is 210 Å². The minimum Gasteiger partial charge on any atom is -0.309 e. The lowest BCUT2D eigenvalue weighted by molar-refractivity contribution is 1.13. The summed E-state index contributed by atoms with van der Waals surface area (Å²) in [5.41, 5.74) is 16.8. The smallest absolute Gasteiger partial charge is 0.0716 e. The van der Waals surface area contributed by atoms with Gasteiger partial charge in [0.05, 0.1) is 34.0 Å². The van der Waals surface area contributed by atoms with E-state index in [0.717, 1.165) is 50.8 Å². The molecule has 1 aliphatic heterocycles. The van der Waals surface area contributed by atoms with Gasteiger partial charge in [0.15, 0.2) is 0 Å². The summed E-state index contributed by atoms with van der Waals surface area (Å²) in [6.07, 6.45) is 0. The van der Waals surface area contributed by atoms with Gasteiger partial charge in [-0.05, 0) is 65.7 Å². The van der Waals surface area contributed by atoms with Crippen LogP contribution in [0.1, 0.15) is 0 Å². The molecule has 0 unspecified atom stereocenters. The molecule has 3 heteroatoms. The molecule has 9 aromatic rings. The highest BCUT2D eigenvalue weighted by Crippen LogP contribution is 2.54. The molecule has 52 heavy (non-hydrogen) atoms. The maximum atomic E-state index is 5.28. The van der Waals surface area contributed by atoms with Gasteiger partial charge in [0.2, 0.25) is 0 Å². The summed E-state index contributed by atoms with van der Waals surface area (Å²) in [5, 5.41) is 1.22. The second-order valence-corrected chi connectivity index (χ2v) is 13.2. The highest BCUT2D eigenvalue weighted by Gasteiger charge is 2.31. The third kappa shape index (κ3) is 4.94. The van der Waals surface area contributed by atoms with Crippen LogP contribution in [0.3, 0.4) is 0 Å². The largest absolute Gasteiger partial charge is 0.309 e. The SMILES string of the molecule is c1ccc(-c2cc(-c3ccccc3)nc(-c3cccc(-n4c5c(c6ccccc64)-c4ccccc4N(c4ccccc4)c4ccccc4-5)c3)c2)cc1. The van der Waals surface area contributed by atoms with Gasteiger partial charge in [0, 0.05) is 44.6 Å². The first-order chi connectivity index (χ1) is 25.8. The van der Waals surface area contributed by atoms with Crippen molar-refractivity contribution in [3.63, 3.8) is 0 Å². The van der Waals surface area contributed by atoms with E-state index in [1.54, 1.807) is 0 Å². The van der Waals surface area contributed by atoms with Crippen molar-refractivity contribution in [2.75, 3.05) is 4.90 Å². The second kappa shape index (κ2) is 12.4. The molecular weight excluding hydrogens is 631 g/mol. The van der Waals surface area contributed by atoms with Crippen LogP contribution < -0.4 is 4.90 Å². The molecule has 0 amide bonds. The number of pyridine rings is 1. The molecule has 0 radical (unpaired) electrons. The first-order valence-electron chi connectivity index (χ1n) is 17.7. The van der Waals surface area contributed by atoms with Crippen molar-refractivity contribution in [1.29, 1.82) is 0 Å². The number of hydrogen-bond acceptors (Lipinski definition) is 2. The van der Waals surface area contributed by atoms with Gasteiger partial charge < -0.3 is 9.47 Å². The first-order valence-corrected chi connectivity index (χ1v) is 17.7. The third-order valence-corrected chi connectivity index (χ3v) is 10.1. The van der Waals surface area contributed by atoms with Crippen molar-refractivity contribution in [2.24, 2.45) is 0 Å². The summed E-state index contributed by atoms with van der Waals surface area (Å²) in [6.45, 7) is 0. The highest BCUT2D eigenvalue weighted by atomic mass is 15.2. The molecule has 0 N–H and O–H groups in total. The number of para-hydroxylation sites is 4. The molecule has 0 saturated carbocycles.